The number of aromatic nitrogens is 3. The van der Waals surface area contributed by atoms with Crippen LogP contribution in [0.2, 0.25) is 0 Å². The molecule has 7 aromatic carbocycles. The summed E-state index contributed by atoms with van der Waals surface area (Å²) in [6.45, 7) is 4.58. The van der Waals surface area contributed by atoms with Crippen LogP contribution in [0.5, 0.6) is 0 Å². The Kier molecular flexibility index (Phi) is 8.38. The van der Waals surface area contributed by atoms with Gasteiger partial charge in [-0.25, -0.2) is 15.0 Å². The average Bonchev–Trinajstić information content (AvgIpc) is 4.00. The maximum absolute atomic E-state index is 5.26. The minimum Gasteiger partial charge on any atom is -0.212 e. The Morgan fingerprint density at radius 3 is 1.78 bits per heavy atom. The topological polar surface area (TPSA) is 38.7 Å². The number of hydrogen-bond acceptors (Lipinski definition) is 4. The lowest BCUT2D eigenvalue weighted by Crippen LogP contribution is -2.25. The van der Waals surface area contributed by atoms with Crippen LogP contribution in [0.3, 0.4) is 0 Å². The summed E-state index contributed by atoms with van der Waals surface area (Å²) in [5, 5.41) is 1.35. The zero-order valence-corrected chi connectivity index (χ0v) is 36.5. The molecule has 0 saturated heterocycles. The van der Waals surface area contributed by atoms with E-state index in [-0.39, 0.29) is 17.3 Å². The van der Waals surface area contributed by atoms with Crippen LogP contribution in [-0.2, 0) is 5.41 Å². The van der Waals surface area contributed by atoms with Gasteiger partial charge in [0.2, 0.25) is 0 Å². The van der Waals surface area contributed by atoms with E-state index in [0.29, 0.717) is 11.7 Å². The van der Waals surface area contributed by atoms with E-state index < -0.39 is 0 Å². The fraction of sp³-hybridized carbons (Fsp3) is 0.117. The van der Waals surface area contributed by atoms with Gasteiger partial charge in [0.25, 0.3) is 0 Å². The quantitative estimate of drug-likeness (QED) is 0.173. The van der Waals surface area contributed by atoms with E-state index in [2.05, 4.69) is 208 Å². The van der Waals surface area contributed by atoms with Crippen LogP contribution in [-0.4, -0.2) is 15.0 Å². The Morgan fingerprint density at radius 1 is 0.500 bits per heavy atom. The van der Waals surface area contributed by atoms with Crippen LogP contribution in [0.25, 0.3) is 71.6 Å². The Bertz CT molecular complexity index is 3410. The molecular weight excluding hydrogens is 795 g/mol. The van der Waals surface area contributed by atoms with E-state index in [9.17, 15) is 0 Å². The van der Waals surface area contributed by atoms with Crippen molar-refractivity contribution in [2.24, 2.45) is 5.92 Å². The summed E-state index contributed by atoms with van der Waals surface area (Å²) in [6.07, 6.45) is 12.0. The van der Waals surface area contributed by atoms with Gasteiger partial charge in [-0.05, 0) is 102 Å². The third kappa shape index (κ3) is 5.42. The smallest absolute Gasteiger partial charge is 0.164 e. The number of hydrogen-bond donors (Lipinski definition) is 0. The zero-order chi connectivity index (χ0) is 42.5. The summed E-state index contributed by atoms with van der Waals surface area (Å²) in [7, 11) is 0. The monoisotopic (exact) mass is 837 g/mol. The van der Waals surface area contributed by atoms with E-state index >= 15 is 0 Å². The SMILES string of the molecule is CC1CC=C(c2nc(-c3ccc(-c4ccc(-c5cccc6c5-c5ccccc5C65c6ccccc6-c6ccccc65)cc4)cc3)nc(C3C=CC=CC3C)n2)c2sc3ccccc3c21. The van der Waals surface area contributed by atoms with Crippen molar-refractivity contribution < 1.29 is 0 Å². The highest BCUT2D eigenvalue weighted by molar-refractivity contribution is 7.20. The maximum Gasteiger partial charge on any atom is 0.164 e. The van der Waals surface area contributed by atoms with Gasteiger partial charge in [-0.15, -0.1) is 11.3 Å². The molecule has 0 fully saturated rings. The van der Waals surface area contributed by atoms with Gasteiger partial charge in [0.1, 0.15) is 5.82 Å². The fourth-order valence-corrected chi connectivity index (χ4v) is 12.7. The number of allylic oxidation sites excluding steroid dienone is 5. The largest absolute Gasteiger partial charge is 0.212 e. The van der Waals surface area contributed by atoms with E-state index in [4.69, 9.17) is 15.0 Å². The molecule has 0 amide bonds. The minimum absolute atomic E-state index is 0.0722. The third-order valence-corrected chi connectivity index (χ3v) is 15.6. The second-order valence-electron chi connectivity index (χ2n) is 17.9. The normalized spacial score (nSPS) is 18.3. The summed E-state index contributed by atoms with van der Waals surface area (Å²) in [5.41, 5.74) is 18.7. The molecule has 0 aliphatic heterocycles. The van der Waals surface area contributed by atoms with Gasteiger partial charge in [0.05, 0.1) is 5.41 Å². The maximum atomic E-state index is 5.26. The Hall–Kier alpha value is -7.27. The van der Waals surface area contributed by atoms with Crippen molar-refractivity contribution in [2.75, 3.05) is 0 Å². The number of nitrogens with zero attached hydrogens (tertiary/aromatic N) is 3. The molecule has 4 heteroatoms. The first kappa shape index (κ1) is 37.3. The van der Waals surface area contributed by atoms with Crippen molar-refractivity contribution in [3.63, 3.8) is 0 Å². The van der Waals surface area contributed by atoms with Crippen molar-refractivity contribution in [2.45, 2.75) is 37.5 Å². The molecule has 1 spiro atoms. The predicted molar refractivity (Wildman–Crippen MR) is 265 cm³/mol. The highest BCUT2D eigenvalue weighted by atomic mass is 32.1. The van der Waals surface area contributed by atoms with Crippen molar-refractivity contribution in [1.29, 1.82) is 0 Å². The van der Waals surface area contributed by atoms with Crippen LogP contribution in [0, 0.1) is 5.92 Å². The van der Waals surface area contributed by atoms with Gasteiger partial charge >= 0.3 is 0 Å². The Balaban J connectivity index is 0.866. The number of benzene rings is 7. The van der Waals surface area contributed by atoms with Crippen molar-refractivity contribution in [3.05, 3.63) is 239 Å². The Morgan fingerprint density at radius 2 is 1.06 bits per heavy atom. The molecule has 3 atom stereocenters. The molecule has 9 aromatic rings. The highest BCUT2D eigenvalue weighted by Gasteiger charge is 2.52. The van der Waals surface area contributed by atoms with Crippen LogP contribution in [0.1, 0.15) is 76.4 Å². The van der Waals surface area contributed by atoms with Gasteiger partial charge in [0.15, 0.2) is 11.6 Å². The summed E-state index contributed by atoms with van der Waals surface area (Å²) < 4.78 is 1.31. The Labute approximate surface area is 377 Å². The average molecular weight is 838 g/mol. The predicted octanol–water partition coefficient (Wildman–Crippen LogP) is 15.2. The third-order valence-electron chi connectivity index (χ3n) is 14.3. The molecule has 304 valence electrons. The molecule has 64 heavy (non-hydrogen) atoms. The molecule has 2 aromatic heterocycles. The molecule has 0 N–H and O–H groups in total. The van der Waals surface area contributed by atoms with E-state index in [0.717, 1.165) is 34.8 Å². The summed E-state index contributed by atoms with van der Waals surface area (Å²) in [6, 6.07) is 60.7. The molecule has 0 bridgehead atoms. The number of thiophene rings is 1. The van der Waals surface area contributed by atoms with Gasteiger partial charge < -0.3 is 0 Å². The van der Waals surface area contributed by atoms with Crippen molar-refractivity contribution >= 4 is 27.0 Å². The molecule has 3 nitrogen and oxygen atoms in total. The van der Waals surface area contributed by atoms with E-state index in [1.807, 2.05) is 11.3 Å². The first-order chi connectivity index (χ1) is 31.6. The van der Waals surface area contributed by atoms with Gasteiger partial charge in [-0.1, -0.05) is 202 Å². The first-order valence-corrected chi connectivity index (χ1v) is 23.3. The molecule has 4 aliphatic carbocycles. The minimum atomic E-state index is -0.354. The summed E-state index contributed by atoms with van der Waals surface area (Å²) in [5.74, 6) is 3.08. The highest BCUT2D eigenvalue weighted by Crippen LogP contribution is 2.64. The van der Waals surface area contributed by atoms with E-state index in [1.54, 1.807) is 0 Å². The lowest BCUT2D eigenvalue weighted by Gasteiger charge is -2.30. The van der Waals surface area contributed by atoms with Crippen LogP contribution >= 0.6 is 11.3 Å². The molecule has 0 radical (unpaired) electrons. The lowest BCUT2D eigenvalue weighted by molar-refractivity contribution is 0.598. The summed E-state index contributed by atoms with van der Waals surface area (Å²) >= 11 is 1.86. The van der Waals surface area contributed by atoms with Crippen molar-refractivity contribution in [3.8, 4) is 55.9 Å². The van der Waals surface area contributed by atoms with Gasteiger partial charge in [0, 0.05) is 26.6 Å². The molecule has 3 unspecified atom stereocenters. The molecule has 0 saturated carbocycles. The number of fused-ring (bicyclic) bond motifs is 13. The van der Waals surface area contributed by atoms with Crippen LogP contribution < -0.4 is 0 Å². The molecule has 13 rings (SSSR count). The summed E-state index contributed by atoms with van der Waals surface area (Å²) in [4.78, 5) is 17.0. The van der Waals surface area contributed by atoms with Gasteiger partial charge in [-0.2, -0.15) is 0 Å². The molecular formula is C60H43N3S. The first-order valence-electron chi connectivity index (χ1n) is 22.5. The zero-order valence-electron chi connectivity index (χ0n) is 35.7. The fourth-order valence-electron chi connectivity index (χ4n) is 11.3. The van der Waals surface area contributed by atoms with Gasteiger partial charge in [-0.3, -0.25) is 0 Å². The lowest BCUT2D eigenvalue weighted by atomic mass is 9.70. The molecule has 2 heterocycles. The van der Waals surface area contributed by atoms with E-state index in [1.165, 1.54) is 81.7 Å². The second kappa shape index (κ2) is 14.4. The second-order valence-corrected chi connectivity index (χ2v) is 18.9. The van der Waals surface area contributed by atoms with Crippen LogP contribution in [0.4, 0.5) is 0 Å². The van der Waals surface area contributed by atoms with Crippen molar-refractivity contribution in [1.82, 2.24) is 15.0 Å². The van der Waals surface area contributed by atoms with Crippen LogP contribution in [0.15, 0.2) is 194 Å². The standard InChI is InChI=1S/C60H43N3S/c1-36-14-3-4-15-42(36)58-61-57(62-59(63-58)48-35-26-37(2)54-47-19-8-12-25-53(47)64-56(48)54)41-33-29-39(30-34-41)38-27-31-40(32-28-38)43-20-13-24-52-55(43)46-18-7-11-23-51(46)60(52)49-21-9-5-16-44(49)45-17-6-10-22-50(45)60/h3-25,27-37,42H,26H2,1-2H3. The molecule has 4 aliphatic rings. The number of rotatable bonds is 5.